The summed E-state index contributed by atoms with van der Waals surface area (Å²) in [4.78, 5) is 10.1. The molecule has 11 heteroatoms. The molecule has 4 rings (SSSR count). The van der Waals surface area contributed by atoms with E-state index in [0.717, 1.165) is 37.3 Å². The van der Waals surface area contributed by atoms with Gasteiger partial charge in [0.05, 0.1) is 26.1 Å². The molecular weight excluding hydrogens is 510 g/mol. The Morgan fingerprint density at radius 1 is 1.18 bits per heavy atom. The van der Waals surface area contributed by atoms with Crippen molar-refractivity contribution in [3.63, 3.8) is 0 Å². The van der Waals surface area contributed by atoms with E-state index >= 15 is 0 Å². The number of aromatic nitrogens is 2. The van der Waals surface area contributed by atoms with Crippen LogP contribution < -0.4 is 4.72 Å². The molecule has 1 aromatic heterocycles. The highest BCUT2D eigenvalue weighted by Gasteiger charge is 2.26. The minimum atomic E-state index is -3.77. The molecule has 0 spiro atoms. The number of rotatable bonds is 7. The molecule has 1 aliphatic rings. The van der Waals surface area contributed by atoms with E-state index < -0.39 is 10.0 Å². The van der Waals surface area contributed by atoms with Gasteiger partial charge in [0.2, 0.25) is 10.0 Å². The topological polar surface area (TPSA) is 78.1 Å². The number of halogens is 4. The van der Waals surface area contributed by atoms with Gasteiger partial charge < -0.3 is 9.88 Å². The summed E-state index contributed by atoms with van der Waals surface area (Å²) in [5.41, 5.74) is 2.01. The number of fused-ring (bicyclic) bond motifs is 1. The van der Waals surface area contributed by atoms with Crippen molar-refractivity contribution in [1.82, 2.24) is 19.6 Å². The molecule has 33 heavy (non-hydrogen) atoms. The maximum Gasteiger partial charge on any atom is 0.242 e. The number of benzene rings is 2. The molecule has 0 radical (unpaired) electrons. The lowest BCUT2D eigenvalue weighted by Crippen LogP contribution is -2.34. The maximum absolute atomic E-state index is 13.4. The predicted molar refractivity (Wildman–Crippen MR) is 131 cm³/mol. The van der Waals surface area contributed by atoms with Crippen molar-refractivity contribution in [2.75, 3.05) is 26.2 Å². The number of hydrogen-bond donors (Lipinski definition) is 2. The van der Waals surface area contributed by atoms with Gasteiger partial charge in [-0.25, -0.2) is 22.5 Å². The first kappa shape index (κ1) is 24.7. The van der Waals surface area contributed by atoms with Crippen LogP contribution in [0.1, 0.15) is 37.1 Å². The van der Waals surface area contributed by atoms with Crippen LogP contribution in [0, 0.1) is 5.82 Å². The van der Waals surface area contributed by atoms with Gasteiger partial charge in [0.1, 0.15) is 16.5 Å². The number of sulfonamides is 1. The molecule has 3 aromatic rings. The summed E-state index contributed by atoms with van der Waals surface area (Å²) < 4.78 is 40.9. The van der Waals surface area contributed by atoms with E-state index in [0.29, 0.717) is 24.0 Å². The van der Waals surface area contributed by atoms with Crippen molar-refractivity contribution in [3.8, 4) is 0 Å². The zero-order valence-electron chi connectivity index (χ0n) is 18.0. The van der Waals surface area contributed by atoms with Crippen LogP contribution in [0.4, 0.5) is 4.39 Å². The van der Waals surface area contributed by atoms with Gasteiger partial charge in [0.15, 0.2) is 0 Å². The Morgan fingerprint density at radius 3 is 2.61 bits per heavy atom. The van der Waals surface area contributed by atoms with Gasteiger partial charge in [-0.15, -0.1) is 0 Å². The Labute approximate surface area is 207 Å². The standard InChI is InChI=1S/C22H24Cl3FN4O2S/c1-2-27-33(31,32)19-12-16(23)20(24)15(21(19)25)7-10-30-8-5-13(6-9-30)22-28-17-4-3-14(26)11-18(17)29-22/h3-4,11-13,27H,2,5-10H2,1H3,(H,28,29). The summed E-state index contributed by atoms with van der Waals surface area (Å²) in [6.07, 6.45) is 2.28. The Morgan fingerprint density at radius 2 is 1.91 bits per heavy atom. The highest BCUT2D eigenvalue weighted by molar-refractivity contribution is 7.89. The van der Waals surface area contributed by atoms with Crippen LogP contribution in [0.5, 0.6) is 0 Å². The Kier molecular flexibility index (Phi) is 7.53. The summed E-state index contributed by atoms with van der Waals surface area (Å²) in [7, 11) is -3.77. The van der Waals surface area contributed by atoms with Gasteiger partial charge in [0, 0.05) is 25.1 Å². The third-order valence-electron chi connectivity index (χ3n) is 5.95. The van der Waals surface area contributed by atoms with Crippen molar-refractivity contribution in [1.29, 1.82) is 0 Å². The average molecular weight is 534 g/mol. The molecule has 0 saturated carbocycles. The number of H-pyrrole nitrogens is 1. The second-order valence-electron chi connectivity index (χ2n) is 8.11. The van der Waals surface area contributed by atoms with Gasteiger partial charge in [-0.05, 0) is 56.1 Å². The molecule has 0 bridgehead atoms. The smallest absolute Gasteiger partial charge is 0.242 e. The molecule has 2 N–H and O–H groups in total. The predicted octanol–water partition coefficient (Wildman–Crippen LogP) is 5.38. The Hall–Kier alpha value is -1.42. The van der Waals surface area contributed by atoms with Crippen LogP contribution in [0.25, 0.3) is 11.0 Å². The third kappa shape index (κ3) is 5.31. The number of aromatic amines is 1. The molecule has 0 amide bonds. The number of likely N-dealkylation sites (tertiary alicyclic amines) is 1. The largest absolute Gasteiger partial charge is 0.342 e. The lowest BCUT2D eigenvalue weighted by Gasteiger charge is -2.31. The summed E-state index contributed by atoms with van der Waals surface area (Å²) in [5.74, 6) is 0.858. The van der Waals surface area contributed by atoms with Crippen LogP contribution in [0.2, 0.25) is 15.1 Å². The Balaban J connectivity index is 1.43. The lowest BCUT2D eigenvalue weighted by atomic mass is 9.96. The van der Waals surface area contributed by atoms with Crippen LogP contribution in [0.3, 0.4) is 0 Å². The molecule has 6 nitrogen and oxygen atoms in total. The van der Waals surface area contributed by atoms with E-state index in [2.05, 4.69) is 19.6 Å². The highest BCUT2D eigenvalue weighted by atomic mass is 35.5. The SMILES string of the molecule is CCNS(=O)(=O)c1cc(Cl)c(Cl)c(CCN2CCC(c3nc4cc(F)ccc4[nH]3)CC2)c1Cl. The molecule has 178 valence electrons. The van der Waals surface area contributed by atoms with Gasteiger partial charge in [-0.1, -0.05) is 41.7 Å². The molecule has 0 unspecified atom stereocenters. The highest BCUT2D eigenvalue weighted by Crippen LogP contribution is 2.37. The molecule has 0 aliphatic carbocycles. The van der Waals surface area contributed by atoms with E-state index in [1.54, 1.807) is 13.0 Å². The van der Waals surface area contributed by atoms with Crippen molar-refractivity contribution < 1.29 is 12.8 Å². The van der Waals surface area contributed by atoms with Crippen LogP contribution in [-0.4, -0.2) is 49.5 Å². The summed E-state index contributed by atoms with van der Waals surface area (Å²) in [6.45, 7) is 4.28. The van der Waals surface area contributed by atoms with Gasteiger partial charge in [-0.2, -0.15) is 0 Å². The summed E-state index contributed by atoms with van der Waals surface area (Å²) in [6, 6.07) is 5.86. The molecule has 1 saturated heterocycles. The zero-order chi connectivity index (χ0) is 23.8. The van der Waals surface area contributed by atoms with E-state index in [-0.39, 0.29) is 38.2 Å². The van der Waals surface area contributed by atoms with Crippen LogP contribution in [-0.2, 0) is 16.4 Å². The number of piperidine rings is 1. The van der Waals surface area contributed by atoms with Crippen molar-refractivity contribution in [2.45, 2.75) is 37.0 Å². The minimum Gasteiger partial charge on any atom is -0.342 e. The van der Waals surface area contributed by atoms with E-state index in [1.807, 2.05) is 0 Å². The molecular formula is C22H24Cl3FN4O2S. The minimum absolute atomic E-state index is 0.0598. The third-order valence-corrected chi connectivity index (χ3v) is 8.89. The number of imidazole rings is 1. The van der Waals surface area contributed by atoms with Crippen molar-refractivity contribution in [3.05, 3.63) is 56.5 Å². The van der Waals surface area contributed by atoms with Crippen molar-refractivity contribution >= 4 is 55.9 Å². The van der Waals surface area contributed by atoms with E-state index in [1.165, 1.54) is 18.2 Å². The molecule has 1 aliphatic heterocycles. The first-order valence-corrected chi connectivity index (χ1v) is 13.3. The van der Waals surface area contributed by atoms with Gasteiger partial charge in [-0.3, -0.25) is 0 Å². The first-order chi connectivity index (χ1) is 15.7. The summed E-state index contributed by atoms with van der Waals surface area (Å²) >= 11 is 19.1. The number of hydrogen-bond acceptors (Lipinski definition) is 4. The Bertz CT molecular complexity index is 1270. The van der Waals surface area contributed by atoms with E-state index in [4.69, 9.17) is 34.8 Å². The summed E-state index contributed by atoms with van der Waals surface area (Å²) in [5, 5.41) is 0.545. The lowest BCUT2D eigenvalue weighted by molar-refractivity contribution is 0.212. The number of nitrogens with zero attached hydrogens (tertiary/aromatic N) is 2. The second kappa shape index (κ2) is 10.1. The fraction of sp³-hybridized carbons (Fsp3) is 0.409. The molecule has 2 aromatic carbocycles. The van der Waals surface area contributed by atoms with Crippen LogP contribution in [0.15, 0.2) is 29.2 Å². The molecule has 2 heterocycles. The first-order valence-electron chi connectivity index (χ1n) is 10.7. The molecule has 0 atom stereocenters. The van der Waals surface area contributed by atoms with E-state index in [9.17, 15) is 12.8 Å². The normalized spacial score (nSPS) is 16.0. The second-order valence-corrected chi connectivity index (χ2v) is 11.0. The van der Waals surface area contributed by atoms with Gasteiger partial charge in [0.25, 0.3) is 0 Å². The van der Waals surface area contributed by atoms with Gasteiger partial charge >= 0.3 is 0 Å². The van der Waals surface area contributed by atoms with Crippen LogP contribution >= 0.6 is 34.8 Å². The molecule has 1 fully saturated rings. The average Bonchev–Trinajstić information content (AvgIpc) is 3.19. The number of nitrogens with one attached hydrogen (secondary N) is 2. The fourth-order valence-electron chi connectivity index (χ4n) is 4.21. The quantitative estimate of drug-likeness (QED) is 0.400. The fourth-order valence-corrected chi connectivity index (χ4v) is 6.50. The monoisotopic (exact) mass is 532 g/mol. The maximum atomic E-state index is 13.4. The van der Waals surface area contributed by atoms with Crippen molar-refractivity contribution in [2.24, 2.45) is 0 Å². The zero-order valence-corrected chi connectivity index (χ0v) is 21.1.